The first kappa shape index (κ1) is 22.6. The molecule has 0 saturated carbocycles. The minimum atomic E-state index is 0.572. The second-order valence-corrected chi connectivity index (χ2v) is 6.66. The topological polar surface area (TPSA) is 71.0 Å². The van der Waals surface area contributed by atoms with Crippen molar-refractivity contribution in [1.29, 1.82) is 0 Å². The fraction of sp³-hybridized carbons (Fsp3) is 0.455. The molecule has 0 radical (unpaired) electrons. The number of pyridine rings is 1. The third-order valence-electron chi connectivity index (χ3n) is 4.24. The Bertz CT molecular complexity index is 724. The van der Waals surface area contributed by atoms with Crippen LogP contribution >= 0.6 is 0 Å². The first-order chi connectivity index (χ1) is 14.2. The van der Waals surface area contributed by atoms with Gasteiger partial charge in [-0.3, -0.25) is 4.98 Å². The number of aromatic nitrogens is 1. The molecule has 7 nitrogen and oxygen atoms in total. The van der Waals surface area contributed by atoms with Crippen LogP contribution in [0.2, 0.25) is 0 Å². The van der Waals surface area contributed by atoms with Crippen LogP contribution in [0.1, 0.15) is 18.2 Å². The molecule has 0 bridgehead atoms. The highest BCUT2D eigenvalue weighted by molar-refractivity contribution is 5.79. The minimum absolute atomic E-state index is 0.572. The Morgan fingerprint density at radius 1 is 1.10 bits per heavy atom. The third-order valence-corrected chi connectivity index (χ3v) is 4.24. The zero-order chi connectivity index (χ0) is 20.7. The zero-order valence-corrected chi connectivity index (χ0v) is 17.7. The van der Waals surface area contributed by atoms with Crippen molar-refractivity contribution in [3.63, 3.8) is 0 Å². The Hall–Kier alpha value is -2.64. The number of rotatable bonds is 12. The molecule has 29 heavy (non-hydrogen) atoms. The van der Waals surface area contributed by atoms with E-state index in [9.17, 15) is 0 Å². The number of nitrogens with zero attached hydrogens (tertiary/aromatic N) is 3. The van der Waals surface area contributed by atoms with Gasteiger partial charge in [0.15, 0.2) is 5.96 Å². The fourth-order valence-corrected chi connectivity index (χ4v) is 2.60. The maximum absolute atomic E-state index is 5.89. The number of guanidine groups is 1. The fourth-order valence-electron chi connectivity index (χ4n) is 2.60. The van der Waals surface area contributed by atoms with Crippen molar-refractivity contribution < 1.29 is 9.47 Å². The summed E-state index contributed by atoms with van der Waals surface area (Å²) in [4.78, 5) is 11.2. The van der Waals surface area contributed by atoms with Crippen molar-refractivity contribution in [1.82, 2.24) is 20.5 Å². The van der Waals surface area contributed by atoms with Gasteiger partial charge in [0, 0.05) is 32.9 Å². The molecular weight excluding hydrogens is 366 g/mol. The zero-order valence-electron chi connectivity index (χ0n) is 17.7. The van der Waals surface area contributed by atoms with E-state index in [2.05, 4.69) is 45.5 Å². The smallest absolute Gasteiger partial charge is 0.191 e. The first-order valence-corrected chi connectivity index (χ1v) is 10.0. The molecule has 0 spiro atoms. The van der Waals surface area contributed by atoms with Gasteiger partial charge in [-0.1, -0.05) is 18.2 Å². The van der Waals surface area contributed by atoms with Crippen LogP contribution in [0.4, 0.5) is 0 Å². The molecule has 2 aromatic rings. The third kappa shape index (κ3) is 9.40. The summed E-state index contributed by atoms with van der Waals surface area (Å²) < 4.78 is 11.0. The standard InChI is InChI=1S/C22H33N5O2/c1-4-23-22(26-18-20-9-5-6-11-24-20)25-17-19-8-7-10-21(16-19)29-15-13-27(2)12-14-28-3/h5-11,16H,4,12-15,17-18H2,1-3H3,(H2,23,25,26). The van der Waals surface area contributed by atoms with Crippen molar-refractivity contribution in [3.8, 4) is 5.75 Å². The molecule has 0 aliphatic rings. The lowest BCUT2D eigenvalue weighted by Gasteiger charge is -2.16. The number of benzene rings is 1. The number of hydrogen-bond donors (Lipinski definition) is 2. The number of hydrogen-bond acceptors (Lipinski definition) is 5. The van der Waals surface area contributed by atoms with E-state index in [1.54, 1.807) is 13.3 Å². The van der Waals surface area contributed by atoms with Crippen LogP contribution in [0.15, 0.2) is 53.7 Å². The van der Waals surface area contributed by atoms with Gasteiger partial charge in [0.25, 0.3) is 0 Å². The van der Waals surface area contributed by atoms with Gasteiger partial charge in [-0.15, -0.1) is 0 Å². The molecule has 0 unspecified atom stereocenters. The molecule has 0 aliphatic heterocycles. The Morgan fingerprint density at radius 3 is 2.72 bits per heavy atom. The van der Waals surface area contributed by atoms with Crippen molar-refractivity contribution in [3.05, 3.63) is 59.9 Å². The second-order valence-electron chi connectivity index (χ2n) is 6.66. The summed E-state index contributed by atoms with van der Waals surface area (Å²) in [5.41, 5.74) is 2.08. The summed E-state index contributed by atoms with van der Waals surface area (Å²) in [6, 6.07) is 14.0. The predicted molar refractivity (Wildman–Crippen MR) is 117 cm³/mol. The molecule has 2 rings (SSSR count). The van der Waals surface area contributed by atoms with E-state index in [1.165, 1.54) is 0 Å². The van der Waals surface area contributed by atoms with E-state index in [4.69, 9.17) is 9.47 Å². The monoisotopic (exact) mass is 399 g/mol. The molecule has 1 aromatic heterocycles. The Labute approximate surface area is 174 Å². The van der Waals surface area contributed by atoms with Crippen molar-refractivity contribution in [2.75, 3.05) is 47.0 Å². The molecule has 7 heteroatoms. The van der Waals surface area contributed by atoms with Crippen LogP contribution in [0.3, 0.4) is 0 Å². The molecular formula is C22H33N5O2. The molecule has 0 fully saturated rings. The van der Waals surface area contributed by atoms with Crippen molar-refractivity contribution in [2.24, 2.45) is 4.99 Å². The summed E-state index contributed by atoms with van der Waals surface area (Å²) in [6.45, 7) is 7.17. The molecule has 0 amide bonds. The summed E-state index contributed by atoms with van der Waals surface area (Å²) >= 11 is 0. The van der Waals surface area contributed by atoms with Crippen LogP contribution in [0, 0.1) is 0 Å². The van der Waals surface area contributed by atoms with Crippen molar-refractivity contribution >= 4 is 5.96 Å². The summed E-state index contributed by atoms with van der Waals surface area (Å²) in [5.74, 6) is 1.63. The summed E-state index contributed by atoms with van der Waals surface area (Å²) in [5, 5.41) is 6.58. The predicted octanol–water partition coefficient (Wildman–Crippen LogP) is 2.29. The van der Waals surface area contributed by atoms with Crippen LogP contribution in [0.25, 0.3) is 0 Å². The largest absolute Gasteiger partial charge is 0.492 e. The van der Waals surface area contributed by atoms with Gasteiger partial charge in [0.2, 0.25) is 0 Å². The van der Waals surface area contributed by atoms with E-state index in [0.717, 1.165) is 49.2 Å². The molecule has 0 atom stereocenters. The number of likely N-dealkylation sites (N-methyl/N-ethyl adjacent to an activating group) is 1. The quantitative estimate of drug-likeness (QED) is 0.422. The average molecular weight is 400 g/mol. The van der Waals surface area contributed by atoms with Gasteiger partial charge in [-0.2, -0.15) is 0 Å². The molecule has 1 heterocycles. The number of ether oxygens (including phenoxy) is 2. The van der Waals surface area contributed by atoms with E-state index in [1.807, 2.05) is 36.4 Å². The molecule has 2 N–H and O–H groups in total. The van der Waals surface area contributed by atoms with Gasteiger partial charge in [0.1, 0.15) is 12.4 Å². The van der Waals surface area contributed by atoms with Crippen LogP contribution in [0.5, 0.6) is 5.75 Å². The Balaban J connectivity index is 1.84. The lowest BCUT2D eigenvalue weighted by atomic mass is 10.2. The normalized spacial score (nSPS) is 11.5. The maximum atomic E-state index is 5.89. The van der Waals surface area contributed by atoms with Gasteiger partial charge >= 0.3 is 0 Å². The first-order valence-electron chi connectivity index (χ1n) is 10.0. The number of aliphatic imine (C=N–C) groups is 1. The second kappa shape index (κ2) is 13.5. The average Bonchev–Trinajstić information content (AvgIpc) is 2.75. The van der Waals surface area contributed by atoms with E-state index in [-0.39, 0.29) is 0 Å². The van der Waals surface area contributed by atoms with E-state index in [0.29, 0.717) is 19.7 Å². The van der Waals surface area contributed by atoms with Gasteiger partial charge in [0.05, 0.1) is 25.4 Å². The molecule has 1 aromatic carbocycles. The lowest BCUT2D eigenvalue weighted by molar-refractivity contribution is 0.150. The summed E-state index contributed by atoms with van der Waals surface area (Å²) in [6.07, 6.45) is 1.79. The highest BCUT2D eigenvalue weighted by Gasteiger charge is 2.02. The highest BCUT2D eigenvalue weighted by Crippen LogP contribution is 2.14. The molecule has 0 aliphatic carbocycles. The van der Waals surface area contributed by atoms with Gasteiger partial charge in [-0.25, -0.2) is 4.99 Å². The Morgan fingerprint density at radius 2 is 1.97 bits per heavy atom. The van der Waals surface area contributed by atoms with Crippen LogP contribution in [-0.2, 0) is 17.8 Å². The van der Waals surface area contributed by atoms with Crippen molar-refractivity contribution in [2.45, 2.75) is 20.0 Å². The van der Waals surface area contributed by atoms with Crippen LogP contribution in [-0.4, -0.2) is 62.8 Å². The number of nitrogens with one attached hydrogen (secondary N) is 2. The summed E-state index contributed by atoms with van der Waals surface area (Å²) in [7, 11) is 3.78. The lowest BCUT2D eigenvalue weighted by Crippen LogP contribution is -2.37. The highest BCUT2D eigenvalue weighted by atomic mass is 16.5. The van der Waals surface area contributed by atoms with Crippen LogP contribution < -0.4 is 15.4 Å². The van der Waals surface area contributed by atoms with Gasteiger partial charge < -0.3 is 25.0 Å². The molecule has 0 saturated heterocycles. The van der Waals surface area contributed by atoms with E-state index < -0.39 is 0 Å². The number of methoxy groups -OCH3 is 1. The Kier molecular flexibility index (Phi) is 10.6. The maximum Gasteiger partial charge on any atom is 0.191 e. The minimum Gasteiger partial charge on any atom is -0.492 e. The molecule has 158 valence electrons. The van der Waals surface area contributed by atoms with E-state index >= 15 is 0 Å². The van der Waals surface area contributed by atoms with Gasteiger partial charge in [-0.05, 0) is 43.8 Å². The SMILES string of the molecule is CCNC(=NCc1cccc(OCCN(C)CCOC)c1)NCc1ccccn1.